The minimum absolute atomic E-state index is 0.106. The van der Waals surface area contributed by atoms with Gasteiger partial charge in [0.1, 0.15) is 22.4 Å². The second-order valence-electron chi connectivity index (χ2n) is 7.73. The monoisotopic (exact) mass is 446 g/mol. The fourth-order valence-electron chi connectivity index (χ4n) is 3.81. The highest BCUT2D eigenvalue weighted by atomic mass is 32.2. The number of carbonyl (C=O) groups excluding carboxylic acids is 1. The van der Waals surface area contributed by atoms with Gasteiger partial charge in [0, 0.05) is 23.5 Å². The molecule has 3 aromatic rings. The normalized spacial score (nSPS) is 15.1. The SMILES string of the molecule is CC1(C)c2nc(-c3ccc(F)cc3)c(Sc3ccc(F)c(F)c3)n2CCN1C(=O)CN. The summed E-state index contributed by atoms with van der Waals surface area (Å²) in [6.07, 6.45) is 0. The van der Waals surface area contributed by atoms with Crippen molar-refractivity contribution in [2.75, 3.05) is 13.1 Å². The van der Waals surface area contributed by atoms with Crippen molar-refractivity contribution in [3.63, 3.8) is 0 Å². The first-order valence-electron chi connectivity index (χ1n) is 9.72. The Morgan fingerprint density at radius 1 is 1.10 bits per heavy atom. The minimum atomic E-state index is -0.938. The van der Waals surface area contributed by atoms with E-state index in [2.05, 4.69) is 0 Å². The number of nitrogens with zero attached hydrogens (tertiary/aromatic N) is 3. The van der Waals surface area contributed by atoms with Gasteiger partial charge in [0.2, 0.25) is 5.91 Å². The summed E-state index contributed by atoms with van der Waals surface area (Å²) in [5.41, 5.74) is 6.11. The van der Waals surface area contributed by atoms with Gasteiger partial charge >= 0.3 is 0 Å². The quantitative estimate of drug-likeness (QED) is 0.654. The van der Waals surface area contributed by atoms with Crippen LogP contribution in [0.15, 0.2) is 52.4 Å². The molecule has 0 saturated carbocycles. The first-order chi connectivity index (χ1) is 14.7. The van der Waals surface area contributed by atoms with Crippen LogP contribution in [0.4, 0.5) is 13.2 Å². The maximum absolute atomic E-state index is 13.8. The zero-order valence-electron chi connectivity index (χ0n) is 17.0. The topological polar surface area (TPSA) is 64.2 Å². The number of halogens is 3. The van der Waals surface area contributed by atoms with Crippen molar-refractivity contribution >= 4 is 17.7 Å². The van der Waals surface area contributed by atoms with Gasteiger partial charge in [0.15, 0.2) is 11.6 Å². The molecule has 0 spiro atoms. The van der Waals surface area contributed by atoms with Crippen molar-refractivity contribution in [3.05, 3.63) is 65.7 Å². The Morgan fingerprint density at radius 2 is 1.81 bits per heavy atom. The fraction of sp³-hybridized carbons (Fsp3) is 0.273. The first kappa shape index (κ1) is 21.5. The first-order valence-corrected chi connectivity index (χ1v) is 10.5. The summed E-state index contributed by atoms with van der Waals surface area (Å²) in [6.45, 7) is 4.56. The minimum Gasteiger partial charge on any atom is -0.327 e. The van der Waals surface area contributed by atoms with E-state index in [0.717, 1.165) is 12.1 Å². The number of benzene rings is 2. The predicted octanol–water partition coefficient (Wildman–Crippen LogP) is 4.15. The smallest absolute Gasteiger partial charge is 0.237 e. The van der Waals surface area contributed by atoms with Crippen molar-refractivity contribution in [1.82, 2.24) is 14.5 Å². The number of rotatable bonds is 4. The molecule has 31 heavy (non-hydrogen) atoms. The molecule has 162 valence electrons. The van der Waals surface area contributed by atoms with Gasteiger partial charge in [-0.25, -0.2) is 18.2 Å². The molecular formula is C22H21F3N4OS. The Bertz CT molecular complexity index is 1140. The summed E-state index contributed by atoms with van der Waals surface area (Å²) < 4.78 is 42.7. The Hall–Kier alpha value is -2.78. The number of hydrogen-bond donors (Lipinski definition) is 1. The molecule has 1 aromatic heterocycles. The average Bonchev–Trinajstić information content (AvgIpc) is 3.10. The maximum Gasteiger partial charge on any atom is 0.237 e. The molecule has 0 atom stereocenters. The summed E-state index contributed by atoms with van der Waals surface area (Å²) in [5.74, 6) is -1.77. The van der Waals surface area contributed by atoms with E-state index >= 15 is 0 Å². The van der Waals surface area contributed by atoms with Gasteiger partial charge in [-0.1, -0.05) is 11.8 Å². The van der Waals surface area contributed by atoms with Gasteiger partial charge in [-0.2, -0.15) is 0 Å². The van der Waals surface area contributed by atoms with Gasteiger partial charge in [0.25, 0.3) is 0 Å². The number of imidazole rings is 1. The van der Waals surface area contributed by atoms with Crippen LogP contribution >= 0.6 is 11.8 Å². The van der Waals surface area contributed by atoms with E-state index in [1.54, 1.807) is 17.0 Å². The summed E-state index contributed by atoms with van der Waals surface area (Å²) in [4.78, 5) is 19.4. The highest BCUT2D eigenvalue weighted by Crippen LogP contribution is 2.42. The van der Waals surface area contributed by atoms with Crippen LogP contribution in [-0.4, -0.2) is 33.4 Å². The molecule has 0 radical (unpaired) electrons. The molecule has 2 heterocycles. The molecule has 2 aromatic carbocycles. The van der Waals surface area contributed by atoms with E-state index in [0.29, 0.717) is 40.1 Å². The van der Waals surface area contributed by atoms with Crippen molar-refractivity contribution in [1.29, 1.82) is 0 Å². The zero-order valence-corrected chi connectivity index (χ0v) is 17.8. The molecule has 4 rings (SSSR count). The molecule has 0 fully saturated rings. The third kappa shape index (κ3) is 3.83. The molecule has 2 N–H and O–H groups in total. The van der Waals surface area contributed by atoms with Gasteiger partial charge < -0.3 is 15.2 Å². The van der Waals surface area contributed by atoms with Crippen LogP contribution in [0, 0.1) is 17.5 Å². The highest BCUT2D eigenvalue weighted by molar-refractivity contribution is 7.99. The van der Waals surface area contributed by atoms with Crippen LogP contribution in [0.3, 0.4) is 0 Å². The lowest BCUT2D eigenvalue weighted by Gasteiger charge is -2.42. The molecule has 1 amide bonds. The van der Waals surface area contributed by atoms with Crippen molar-refractivity contribution < 1.29 is 18.0 Å². The van der Waals surface area contributed by atoms with Crippen LogP contribution in [-0.2, 0) is 16.9 Å². The van der Waals surface area contributed by atoms with Crippen LogP contribution < -0.4 is 5.73 Å². The number of nitrogens with two attached hydrogens (primary N) is 1. The third-order valence-electron chi connectivity index (χ3n) is 5.39. The zero-order chi connectivity index (χ0) is 22.3. The summed E-state index contributed by atoms with van der Waals surface area (Å²) in [6, 6.07) is 9.63. The van der Waals surface area contributed by atoms with Gasteiger partial charge in [0.05, 0.1) is 12.1 Å². The Balaban J connectivity index is 1.86. The van der Waals surface area contributed by atoms with E-state index in [1.165, 1.54) is 30.0 Å². The molecule has 9 heteroatoms. The molecule has 1 aliphatic rings. The number of aromatic nitrogens is 2. The Morgan fingerprint density at radius 3 is 2.45 bits per heavy atom. The summed E-state index contributed by atoms with van der Waals surface area (Å²) >= 11 is 1.25. The van der Waals surface area contributed by atoms with Crippen molar-refractivity contribution in [3.8, 4) is 11.3 Å². The average molecular weight is 446 g/mol. The number of fused-ring (bicyclic) bond motifs is 1. The highest BCUT2D eigenvalue weighted by Gasteiger charge is 2.41. The molecule has 0 saturated heterocycles. The molecular weight excluding hydrogens is 425 g/mol. The largest absolute Gasteiger partial charge is 0.327 e. The summed E-state index contributed by atoms with van der Waals surface area (Å²) in [5, 5.41) is 0.709. The van der Waals surface area contributed by atoms with Crippen LogP contribution in [0.5, 0.6) is 0 Å². The van der Waals surface area contributed by atoms with Crippen LogP contribution in [0.25, 0.3) is 11.3 Å². The summed E-state index contributed by atoms with van der Waals surface area (Å²) in [7, 11) is 0. The van der Waals surface area contributed by atoms with Gasteiger partial charge in [-0.3, -0.25) is 4.79 Å². The Labute approximate surface area is 182 Å². The number of carbonyl (C=O) groups is 1. The standard InChI is InChI=1S/C22H21F3N4OS/c1-22(2)21-27-19(13-3-5-14(23)6-4-13)20(28(21)9-10-29(22)18(30)12-26)31-15-7-8-16(24)17(25)11-15/h3-8,11H,9-10,12,26H2,1-2H3. The third-order valence-corrected chi connectivity index (χ3v) is 6.49. The second-order valence-corrected chi connectivity index (χ2v) is 8.80. The van der Waals surface area contributed by atoms with E-state index in [-0.39, 0.29) is 18.3 Å². The van der Waals surface area contributed by atoms with E-state index in [1.807, 2.05) is 18.4 Å². The lowest BCUT2D eigenvalue weighted by molar-refractivity contribution is -0.137. The van der Waals surface area contributed by atoms with E-state index in [9.17, 15) is 18.0 Å². The Kier molecular flexibility index (Phi) is 5.57. The molecule has 0 unspecified atom stereocenters. The molecule has 1 aliphatic heterocycles. The van der Waals surface area contributed by atoms with Crippen molar-refractivity contribution in [2.45, 2.75) is 35.9 Å². The molecule has 5 nitrogen and oxygen atoms in total. The van der Waals surface area contributed by atoms with Crippen LogP contribution in [0.2, 0.25) is 0 Å². The van der Waals surface area contributed by atoms with Gasteiger partial charge in [-0.15, -0.1) is 0 Å². The fourth-order valence-corrected chi connectivity index (χ4v) is 4.88. The maximum atomic E-state index is 13.8. The van der Waals surface area contributed by atoms with Crippen molar-refractivity contribution in [2.24, 2.45) is 5.73 Å². The number of hydrogen-bond acceptors (Lipinski definition) is 4. The molecule has 0 bridgehead atoms. The molecule has 0 aliphatic carbocycles. The van der Waals surface area contributed by atoms with E-state index in [4.69, 9.17) is 10.7 Å². The lowest BCUT2D eigenvalue weighted by atomic mass is 9.99. The number of amides is 1. The van der Waals surface area contributed by atoms with Gasteiger partial charge in [-0.05, 0) is 56.3 Å². The lowest BCUT2D eigenvalue weighted by Crippen LogP contribution is -2.53. The van der Waals surface area contributed by atoms with Crippen LogP contribution in [0.1, 0.15) is 19.7 Å². The second kappa shape index (κ2) is 8.05. The van der Waals surface area contributed by atoms with E-state index < -0.39 is 17.2 Å². The predicted molar refractivity (Wildman–Crippen MR) is 112 cm³/mol.